The fourth-order valence-electron chi connectivity index (χ4n) is 2.82. The molecular weight excluding hydrogens is 254 g/mol. The van der Waals surface area contributed by atoms with Crippen LogP contribution in [-0.2, 0) is 16.9 Å². The van der Waals surface area contributed by atoms with Crippen molar-refractivity contribution < 1.29 is 9.84 Å². The topological polar surface area (TPSA) is 60.2 Å². The highest BCUT2D eigenvalue weighted by Gasteiger charge is 2.35. The summed E-state index contributed by atoms with van der Waals surface area (Å²) in [5.41, 5.74) is 1.86. The molecule has 0 atom stereocenters. The Bertz CT molecular complexity index is 588. The molecule has 0 radical (unpaired) electrons. The van der Waals surface area contributed by atoms with E-state index in [0.717, 1.165) is 36.9 Å². The van der Waals surface area contributed by atoms with E-state index in [2.05, 4.69) is 10.3 Å². The summed E-state index contributed by atoms with van der Waals surface area (Å²) in [6.07, 6.45) is 5.46. The molecule has 1 aromatic carbocycles. The minimum absolute atomic E-state index is 0.523. The highest BCUT2D eigenvalue weighted by atomic mass is 16.5. The highest BCUT2D eigenvalue weighted by Crippen LogP contribution is 2.37. The molecule has 2 aromatic rings. The first-order valence-electron chi connectivity index (χ1n) is 6.95. The van der Waals surface area contributed by atoms with Gasteiger partial charge in [-0.25, -0.2) is 4.68 Å². The maximum Gasteiger partial charge on any atom is 0.115 e. The van der Waals surface area contributed by atoms with Crippen molar-refractivity contribution in [2.45, 2.75) is 37.9 Å². The molecule has 0 aliphatic heterocycles. The summed E-state index contributed by atoms with van der Waals surface area (Å²) in [5, 5.41) is 18.9. The summed E-state index contributed by atoms with van der Waals surface area (Å²) in [5.74, 6) is 0. The van der Waals surface area contributed by atoms with Crippen molar-refractivity contribution in [1.82, 2.24) is 15.0 Å². The van der Waals surface area contributed by atoms with Crippen LogP contribution < -0.4 is 0 Å². The van der Waals surface area contributed by atoms with Gasteiger partial charge in [0.1, 0.15) is 11.3 Å². The van der Waals surface area contributed by atoms with Crippen LogP contribution in [0.2, 0.25) is 0 Å². The summed E-state index contributed by atoms with van der Waals surface area (Å²) < 4.78 is 6.93. The first-order valence-corrected chi connectivity index (χ1v) is 6.95. The van der Waals surface area contributed by atoms with Crippen molar-refractivity contribution >= 4 is 0 Å². The average molecular weight is 273 g/mol. The van der Waals surface area contributed by atoms with E-state index in [1.165, 1.54) is 0 Å². The van der Waals surface area contributed by atoms with Gasteiger partial charge < -0.3 is 9.84 Å². The number of aliphatic hydroxyl groups is 1. The van der Waals surface area contributed by atoms with E-state index < -0.39 is 5.60 Å². The molecule has 0 amide bonds. The lowest BCUT2D eigenvalue weighted by atomic mass is 9.99. The molecule has 1 N–H and O–H groups in total. The largest absolute Gasteiger partial charge is 0.383 e. The van der Waals surface area contributed by atoms with Gasteiger partial charge in [0.15, 0.2) is 0 Å². The van der Waals surface area contributed by atoms with Crippen LogP contribution in [-0.4, -0.2) is 27.2 Å². The third-order valence-corrected chi connectivity index (χ3v) is 3.94. The van der Waals surface area contributed by atoms with Gasteiger partial charge in [-0.15, -0.1) is 5.10 Å². The minimum atomic E-state index is -0.797. The lowest BCUT2D eigenvalue weighted by molar-refractivity contribution is 0.0398. The van der Waals surface area contributed by atoms with Crippen molar-refractivity contribution in [2.75, 3.05) is 7.11 Å². The van der Waals surface area contributed by atoms with Crippen LogP contribution in [0.5, 0.6) is 0 Å². The number of nitrogens with zero attached hydrogens (tertiary/aromatic N) is 3. The van der Waals surface area contributed by atoms with Crippen LogP contribution in [0.25, 0.3) is 5.69 Å². The maximum absolute atomic E-state index is 10.6. The summed E-state index contributed by atoms with van der Waals surface area (Å²) in [7, 11) is 1.67. The van der Waals surface area contributed by atoms with E-state index in [9.17, 15) is 5.11 Å². The van der Waals surface area contributed by atoms with Crippen LogP contribution in [0.4, 0.5) is 0 Å². The molecule has 1 aliphatic carbocycles. The lowest BCUT2D eigenvalue weighted by Gasteiger charge is -2.18. The number of rotatable bonds is 4. The molecule has 3 rings (SSSR count). The number of para-hydroxylation sites is 1. The Morgan fingerprint density at radius 3 is 2.80 bits per heavy atom. The Morgan fingerprint density at radius 1 is 1.30 bits per heavy atom. The van der Waals surface area contributed by atoms with E-state index in [0.29, 0.717) is 12.3 Å². The average Bonchev–Trinajstić information content (AvgIpc) is 3.09. The second-order valence-corrected chi connectivity index (χ2v) is 5.35. The zero-order valence-electron chi connectivity index (χ0n) is 11.6. The van der Waals surface area contributed by atoms with Gasteiger partial charge in [-0.2, -0.15) is 0 Å². The first-order chi connectivity index (χ1) is 9.73. The van der Waals surface area contributed by atoms with Crippen molar-refractivity contribution in [3.8, 4) is 5.69 Å². The Kier molecular flexibility index (Phi) is 3.54. The highest BCUT2D eigenvalue weighted by molar-refractivity contribution is 5.40. The fourth-order valence-corrected chi connectivity index (χ4v) is 2.82. The summed E-state index contributed by atoms with van der Waals surface area (Å²) in [6, 6.07) is 7.91. The number of methoxy groups -OCH3 is 1. The predicted octanol–water partition coefficient (Wildman–Crippen LogP) is 2.18. The quantitative estimate of drug-likeness (QED) is 0.927. The van der Waals surface area contributed by atoms with Crippen LogP contribution in [0, 0.1) is 0 Å². The van der Waals surface area contributed by atoms with Gasteiger partial charge in [-0.05, 0) is 18.9 Å². The molecule has 0 saturated heterocycles. The first kappa shape index (κ1) is 13.3. The van der Waals surface area contributed by atoms with Gasteiger partial charge in [0.25, 0.3) is 0 Å². The molecule has 0 spiro atoms. The summed E-state index contributed by atoms with van der Waals surface area (Å²) in [4.78, 5) is 0. The van der Waals surface area contributed by atoms with Gasteiger partial charge in [-0.3, -0.25) is 0 Å². The smallest absolute Gasteiger partial charge is 0.115 e. The lowest BCUT2D eigenvalue weighted by Crippen LogP contribution is -2.21. The van der Waals surface area contributed by atoms with E-state index in [4.69, 9.17) is 4.74 Å². The van der Waals surface area contributed by atoms with Gasteiger partial charge in [0, 0.05) is 12.7 Å². The molecule has 1 aliphatic rings. The molecule has 5 heteroatoms. The van der Waals surface area contributed by atoms with Crippen molar-refractivity contribution in [3.05, 3.63) is 41.7 Å². The van der Waals surface area contributed by atoms with E-state index >= 15 is 0 Å². The zero-order chi connectivity index (χ0) is 14.0. The fraction of sp³-hybridized carbons (Fsp3) is 0.467. The van der Waals surface area contributed by atoms with Gasteiger partial charge >= 0.3 is 0 Å². The van der Waals surface area contributed by atoms with Crippen molar-refractivity contribution in [3.63, 3.8) is 0 Å². The maximum atomic E-state index is 10.6. The van der Waals surface area contributed by atoms with Crippen LogP contribution in [0.15, 0.2) is 30.5 Å². The molecule has 106 valence electrons. The van der Waals surface area contributed by atoms with Crippen LogP contribution >= 0.6 is 0 Å². The Hall–Kier alpha value is -1.72. The molecule has 0 bridgehead atoms. The van der Waals surface area contributed by atoms with Crippen LogP contribution in [0.1, 0.15) is 36.9 Å². The van der Waals surface area contributed by atoms with Gasteiger partial charge in [0.2, 0.25) is 0 Å². The number of benzene rings is 1. The molecule has 20 heavy (non-hydrogen) atoms. The molecule has 5 nitrogen and oxygen atoms in total. The number of ether oxygens (including phenoxy) is 1. The van der Waals surface area contributed by atoms with Crippen LogP contribution in [0.3, 0.4) is 0 Å². The van der Waals surface area contributed by atoms with E-state index in [1.54, 1.807) is 11.8 Å². The molecule has 1 aromatic heterocycles. The summed E-state index contributed by atoms with van der Waals surface area (Å²) >= 11 is 0. The molecule has 0 unspecified atom stereocenters. The molecule has 1 heterocycles. The van der Waals surface area contributed by atoms with E-state index in [-0.39, 0.29) is 0 Å². The second-order valence-electron chi connectivity index (χ2n) is 5.35. The number of hydrogen-bond donors (Lipinski definition) is 1. The molecule has 1 saturated carbocycles. The van der Waals surface area contributed by atoms with Gasteiger partial charge in [-0.1, -0.05) is 36.3 Å². The second kappa shape index (κ2) is 5.34. The predicted molar refractivity (Wildman–Crippen MR) is 74.4 cm³/mol. The van der Waals surface area contributed by atoms with Crippen molar-refractivity contribution in [2.24, 2.45) is 0 Å². The molecule has 1 fully saturated rings. The third-order valence-electron chi connectivity index (χ3n) is 3.94. The third kappa shape index (κ3) is 2.34. The Morgan fingerprint density at radius 2 is 2.05 bits per heavy atom. The zero-order valence-corrected chi connectivity index (χ0v) is 11.6. The SMILES string of the molecule is COCc1ccccc1-n1cc(C2(O)CCCC2)nn1. The van der Waals surface area contributed by atoms with Crippen molar-refractivity contribution in [1.29, 1.82) is 0 Å². The number of hydrogen-bond acceptors (Lipinski definition) is 4. The van der Waals surface area contributed by atoms with E-state index in [1.807, 2.05) is 30.5 Å². The minimum Gasteiger partial charge on any atom is -0.383 e. The Balaban J connectivity index is 1.94. The molecular formula is C15H19N3O2. The summed E-state index contributed by atoms with van der Waals surface area (Å²) in [6.45, 7) is 0.523. The Labute approximate surface area is 118 Å². The normalized spacial score (nSPS) is 17.5. The monoisotopic (exact) mass is 273 g/mol. The standard InChI is InChI=1S/C15H19N3O2/c1-20-11-12-6-2-3-7-13(12)18-10-14(16-17-18)15(19)8-4-5-9-15/h2-3,6-7,10,19H,4-5,8-9,11H2,1H3. The van der Waals surface area contributed by atoms with Gasteiger partial charge in [0.05, 0.1) is 18.5 Å². The number of aromatic nitrogens is 3.